The van der Waals surface area contributed by atoms with E-state index in [2.05, 4.69) is 21.2 Å². The third kappa shape index (κ3) is 3.23. The Labute approximate surface area is 119 Å². The number of hydrogen-bond acceptors (Lipinski definition) is 4. The highest BCUT2D eigenvalue weighted by Gasteiger charge is 2.36. The summed E-state index contributed by atoms with van der Waals surface area (Å²) in [5.41, 5.74) is -1.15. The molecule has 0 atom stereocenters. The van der Waals surface area contributed by atoms with Crippen LogP contribution in [0.2, 0.25) is 0 Å². The van der Waals surface area contributed by atoms with Crippen molar-refractivity contribution in [1.29, 1.82) is 0 Å². The molecule has 7 heteroatoms. The minimum absolute atomic E-state index is 0.143. The summed E-state index contributed by atoms with van der Waals surface area (Å²) >= 11 is 3.22. The Balaban J connectivity index is 3.26. The van der Waals surface area contributed by atoms with E-state index in [1.807, 2.05) is 0 Å². The van der Waals surface area contributed by atoms with E-state index in [1.54, 1.807) is 19.9 Å². The summed E-state index contributed by atoms with van der Waals surface area (Å²) in [6.45, 7) is 3.46. The van der Waals surface area contributed by atoms with Crippen molar-refractivity contribution in [2.45, 2.75) is 32.2 Å². The first-order valence-electron chi connectivity index (χ1n) is 5.81. The number of carbonyl (C=O) groups is 1. The molecular weight excluding hydrogens is 316 g/mol. The maximum atomic E-state index is 11.4. The summed E-state index contributed by atoms with van der Waals surface area (Å²) < 4.78 is 0.645. The number of carboxylic acids is 1. The number of hydrogen-bond donors (Lipinski definition) is 2. The first-order valence-corrected chi connectivity index (χ1v) is 6.61. The Morgan fingerprint density at radius 1 is 1.47 bits per heavy atom. The van der Waals surface area contributed by atoms with Gasteiger partial charge < -0.3 is 10.4 Å². The molecule has 0 saturated heterocycles. The molecule has 0 bridgehead atoms. The van der Waals surface area contributed by atoms with Gasteiger partial charge in [0.15, 0.2) is 0 Å². The highest BCUT2D eigenvalue weighted by atomic mass is 79.9. The van der Waals surface area contributed by atoms with E-state index in [1.165, 1.54) is 12.1 Å². The van der Waals surface area contributed by atoms with Crippen LogP contribution in [0.1, 0.15) is 26.7 Å². The summed E-state index contributed by atoms with van der Waals surface area (Å²) in [4.78, 5) is 21.8. The molecule has 6 nitrogen and oxygen atoms in total. The molecule has 0 aliphatic carbocycles. The highest BCUT2D eigenvalue weighted by molar-refractivity contribution is 9.10. The number of carboxylic acid groups (broad SMARTS) is 1. The molecule has 0 aliphatic rings. The Kier molecular flexibility index (Phi) is 4.88. The van der Waals surface area contributed by atoms with Crippen LogP contribution in [0.5, 0.6) is 0 Å². The van der Waals surface area contributed by atoms with Gasteiger partial charge in [0.2, 0.25) is 0 Å². The second-order valence-electron chi connectivity index (χ2n) is 4.14. The Bertz CT molecular complexity index is 501. The van der Waals surface area contributed by atoms with Gasteiger partial charge in [0.05, 0.1) is 4.92 Å². The standard InChI is InChI=1S/C12H15BrN2O4/c1-3-12(4-2,11(16)17)14-9-7-8(13)5-6-10(9)15(18)19/h5-7,14H,3-4H2,1-2H3,(H,16,17). The number of anilines is 1. The number of nitro groups is 1. The zero-order chi connectivity index (χ0) is 14.6. The quantitative estimate of drug-likeness (QED) is 0.615. The van der Waals surface area contributed by atoms with E-state index < -0.39 is 16.4 Å². The maximum Gasteiger partial charge on any atom is 0.329 e. The molecule has 0 amide bonds. The molecule has 0 heterocycles. The van der Waals surface area contributed by atoms with Crippen LogP contribution >= 0.6 is 15.9 Å². The summed E-state index contributed by atoms with van der Waals surface area (Å²) in [7, 11) is 0. The molecular formula is C12H15BrN2O4. The molecule has 1 aromatic rings. The van der Waals surface area contributed by atoms with E-state index in [9.17, 15) is 20.0 Å². The molecule has 104 valence electrons. The number of benzene rings is 1. The van der Waals surface area contributed by atoms with Crippen molar-refractivity contribution in [2.75, 3.05) is 5.32 Å². The molecule has 0 saturated carbocycles. The van der Waals surface area contributed by atoms with E-state index >= 15 is 0 Å². The zero-order valence-electron chi connectivity index (χ0n) is 10.6. The largest absolute Gasteiger partial charge is 0.480 e. The molecule has 1 rings (SSSR count). The van der Waals surface area contributed by atoms with Gasteiger partial charge in [-0.1, -0.05) is 29.8 Å². The lowest BCUT2D eigenvalue weighted by atomic mass is 9.92. The van der Waals surface area contributed by atoms with E-state index in [4.69, 9.17) is 0 Å². The van der Waals surface area contributed by atoms with E-state index in [-0.39, 0.29) is 11.4 Å². The molecule has 0 aliphatic heterocycles. The number of nitrogens with one attached hydrogen (secondary N) is 1. The minimum Gasteiger partial charge on any atom is -0.480 e. The Morgan fingerprint density at radius 2 is 2.05 bits per heavy atom. The summed E-state index contributed by atoms with van der Waals surface area (Å²) in [6, 6.07) is 4.40. The third-order valence-corrected chi connectivity index (χ3v) is 3.64. The fourth-order valence-electron chi connectivity index (χ4n) is 1.81. The Hall–Kier alpha value is -1.63. The number of aliphatic carboxylic acids is 1. The van der Waals surface area contributed by atoms with Gasteiger partial charge in [0.1, 0.15) is 11.2 Å². The van der Waals surface area contributed by atoms with E-state index in [0.29, 0.717) is 17.3 Å². The molecule has 0 spiro atoms. The molecule has 0 aromatic heterocycles. The van der Waals surface area contributed by atoms with Crippen molar-refractivity contribution >= 4 is 33.3 Å². The summed E-state index contributed by atoms with van der Waals surface area (Å²) in [5.74, 6) is -1.02. The minimum atomic E-state index is -1.20. The van der Waals surface area contributed by atoms with Crippen LogP contribution in [0, 0.1) is 10.1 Å². The van der Waals surface area contributed by atoms with Crippen molar-refractivity contribution in [3.63, 3.8) is 0 Å². The summed E-state index contributed by atoms with van der Waals surface area (Å²) in [5, 5.41) is 23.1. The monoisotopic (exact) mass is 330 g/mol. The van der Waals surface area contributed by atoms with Crippen LogP contribution in [0.4, 0.5) is 11.4 Å². The van der Waals surface area contributed by atoms with Gasteiger partial charge in [0, 0.05) is 10.5 Å². The van der Waals surface area contributed by atoms with Gasteiger partial charge in [-0.15, -0.1) is 0 Å². The van der Waals surface area contributed by atoms with Gasteiger partial charge in [0.25, 0.3) is 5.69 Å². The first kappa shape index (κ1) is 15.4. The van der Waals surface area contributed by atoms with Crippen LogP contribution < -0.4 is 5.32 Å². The van der Waals surface area contributed by atoms with Gasteiger partial charge in [-0.2, -0.15) is 0 Å². The predicted molar refractivity (Wildman–Crippen MR) is 75.4 cm³/mol. The van der Waals surface area contributed by atoms with Crippen molar-refractivity contribution in [2.24, 2.45) is 0 Å². The van der Waals surface area contributed by atoms with Crippen LogP contribution in [0.15, 0.2) is 22.7 Å². The van der Waals surface area contributed by atoms with Crippen LogP contribution in [0.3, 0.4) is 0 Å². The maximum absolute atomic E-state index is 11.4. The van der Waals surface area contributed by atoms with Gasteiger partial charge in [-0.05, 0) is 25.0 Å². The Morgan fingerprint density at radius 3 is 2.47 bits per heavy atom. The second kappa shape index (κ2) is 6.01. The molecule has 0 unspecified atom stereocenters. The van der Waals surface area contributed by atoms with Crippen LogP contribution in [0.25, 0.3) is 0 Å². The third-order valence-electron chi connectivity index (χ3n) is 3.15. The van der Waals surface area contributed by atoms with Crippen molar-refractivity contribution in [3.8, 4) is 0 Å². The highest BCUT2D eigenvalue weighted by Crippen LogP contribution is 2.32. The lowest BCUT2D eigenvalue weighted by Gasteiger charge is -2.29. The first-order chi connectivity index (χ1) is 8.86. The molecule has 0 fully saturated rings. The van der Waals surface area contributed by atoms with Gasteiger partial charge in [-0.3, -0.25) is 10.1 Å². The van der Waals surface area contributed by atoms with Gasteiger partial charge in [-0.25, -0.2) is 4.79 Å². The fraction of sp³-hybridized carbons (Fsp3) is 0.417. The van der Waals surface area contributed by atoms with Crippen molar-refractivity contribution in [3.05, 3.63) is 32.8 Å². The van der Waals surface area contributed by atoms with Crippen molar-refractivity contribution in [1.82, 2.24) is 0 Å². The molecule has 1 aromatic carbocycles. The lowest BCUT2D eigenvalue weighted by Crippen LogP contribution is -2.45. The SMILES string of the molecule is CCC(CC)(Nc1cc(Br)ccc1[N+](=O)[O-])C(=O)O. The zero-order valence-corrected chi connectivity index (χ0v) is 12.2. The van der Waals surface area contributed by atoms with Crippen molar-refractivity contribution < 1.29 is 14.8 Å². The molecule has 2 N–H and O–H groups in total. The normalized spacial score (nSPS) is 11.1. The summed E-state index contributed by atoms with van der Waals surface area (Å²) in [6.07, 6.45) is 0.644. The van der Waals surface area contributed by atoms with E-state index in [0.717, 1.165) is 0 Å². The fourth-order valence-corrected chi connectivity index (χ4v) is 2.17. The number of nitro benzene ring substituents is 1. The molecule has 0 radical (unpaired) electrons. The van der Waals surface area contributed by atoms with Crippen LogP contribution in [-0.4, -0.2) is 21.5 Å². The lowest BCUT2D eigenvalue weighted by molar-refractivity contribution is -0.384. The van der Waals surface area contributed by atoms with Crippen LogP contribution in [-0.2, 0) is 4.79 Å². The number of rotatable bonds is 6. The second-order valence-corrected chi connectivity index (χ2v) is 5.05. The average molecular weight is 331 g/mol. The number of nitrogens with zero attached hydrogens (tertiary/aromatic N) is 1. The smallest absolute Gasteiger partial charge is 0.329 e. The predicted octanol–water partition coefficient (Wildman–Crippen LogP) is 3.41. The van der Waals surface area contributed by atoms with Gasteiger partial charge >= 0.3 is 5.97 Å². The molecule has 19 heavy (non-hydrogen) atoms. The topological polar surface area (TPSA) is 92.5 Å². The number of halogens is 1. The average Bonchev–Trinajstić information content (AvgIpc) is 2.35.